The van der Waals surface area contributed by atoms with Crippen LogP contribution in [0.25, 0.3) is 0 Å². The Morgan fingerprint density at radius 1 is 1.53 bits per heavy atom. The van der Waals surface area contributed by atoms with Gasteiger partial charge >= 0.3 is 0 Å². The van der Waals surface area contributed by atoms with Crippen molar-refractivity contribution in [2.24, 2.45) is 5.73 Å². The number of ether oxygens (including phenoxy) is 1. The van der Waals surface area contributed by atoms with Crippen molar-refractivity contribution in [3.8, 4) is 0 Å². The van der Waals surface area contributed by atoms with Gasteiger partial charge in [0.1, 0.15) is 10.8 Å². The largest absolute Gasteiger partial charge is 0.389 e. The molecule has 0 heterocycles. The van der Waals surface area contributed by atoms with Crippen molar-refractivity contribution in [3.63, 3.8) is 0 Å². The lowest BCUT2D eigenvalue weighted by molar-refractivity contribution is -0.116. The van der Waals surface area contributed by atoms with E-state index in [-0.39, 0.29) is 16.5 Å². The van der Waals surface area contributed by atoms with Crippen LogP contribution in [-0.4, -0.2) is 24.1 Å². The minimum absolute atomic E-state index is 0.0371. The van der Waals surface area contributed by atoms with E-state index in [0.29, 0.717) is 31.7 Å². The Hall–Kier alpha value is -1.53. The van der Waals surface area contributed by atoms with Crippen LogP contribution in [0.5, 0.6) is 0 Å². The van der Waals surface area contributed by atoms with Crippen LogP contribution in [0.1, 0.15) is 25.3 Å². The van der Waals surface area contributed by atoms with Gasteiger partial charge in [0, 0.05) is 30.9 Å². The van der Waals surface area contributed by atoms with Gasteiger partial charge in [-0.15, -0.1) is 0 Å². The standard InChI is InChI=1S/C13H17FN2O2S/c1-2-18-7-3-4-12(17)16-9-5-6-11(14)10(8-9)13(15)19/h5-6,8H,2-4,7H2,1H3,(H2,15,19)(H,16,17). The van der Waals surface area contributed by atoms with Crippen LogP contribution in [0.4, 0.5) is 10.1 Å². The van der Waals surface area contributed by atoms with Crippen molar-refractivity contribution < 1.29 is 13.9 Å². The molecule has 1 aromatic carbocycles. The zero-order valence-corrected chi connectivity index (χ0v) is 11.6. The number of anilines is 1. The summed E-state index contributed by atoms with van der Waals surface area (Å²) in [7, 11) is 0. The fourth-order valence-corrected chi connectivity index (χ4v) is 1.65. The highest BCUT2D eigenvalue weighted by Gasteiger charge is 2.08. The van der Waals surface area contributed by atoms with Crippen LogP contribution < -0.4 is 11.1 Å². The fourth-order valence-electron chi connectivity index (χ4n) is 1.49. The molecule has 4 nitrogen and oxygen atoms in total. The number of rotatable bonds is 7. The van der Waals surface area contributed by atoms with Crippen molar-refractivity contribution in [2.75, 3.05) is 18.5 Å². The highest BCUT2D eigenvalue weighted by atomic mass is 32.1. The maximum atomic E-state index is 13.3. The van der Waals surface area contributed by atoms with Gasteiger partial charge in [-0.2, -0.15) is 0 Å². The van der Waals surface area contributed by atoms with Crippen LogP contribution in [0.15, 0.2) is 18.2 Å². The van der Waals surface area contributed by atoms with Crippen LogP contribution >= 0.6 is 12.2 Å². The van der Waals surface area contributed by atoms with Gasteiger partial charge in [-0.05, 0) is 31.5 Å². The van der Waals surface area contributed by atoms with E-state index in [1.54, 1.807) is 0 Å². The number of benzene rings is 1. The van der Waals surface area contributed by atoms with E-state index >= 15 is 0 Å². The van der Waals surface area contributed by atoms with Crippen LogP contribution in [-0.2, 0) is 9.53 Å². The Morgan fingerprint density at radius 2 is 2.26 bits per heavy atom. The first kappa shape index (κ1) is 15.5. The Kier molecular flexibility index (Phi) is 6.38. The average molecular weight is 284 g/mol. The van der Waals surface area contributed by atoms with E-state index in [4.69, 9.17) is 22.7 Å². The average Bonchev–Trinajstić information content (AvgIpc) is 2.36. The highest BCUT2D eigenvalue weighted by molar-refractivity contribution is 7.80. The molecule has 0 aromatic heterocycles. The summed E-state index contributed by atoms with van der Waals surface area (Å²) in [6.07, 6.45) is 0.989. The minimum Gasteiger partial charge on any atom is -0.389 e. The maximum Gasteiger partial charge on any atom is 0.224 e. The van der Waals surface area contributed by atoms with Gasteiger partial charge < -0.3 is 15.8 Å². The van der Waals surface area contributed by atoms with Gasteiger partial charge in [-0.3, -0.25) is 4.79 Å². The molecule has 0 fully saturated rings. The second-order valence-electron chi connectivity index (χ2n) is 3.91. The van der Waals surface area contributed by atoms with Crippen LogP contribution in [0.3, 0.4) is 0 Å². The summed E-state index contributed by atoms with van der Waals surface area (Å²) in [6.45, 7) is 3.08. The van der Waals surface area contributed by atoms with Crippen molar-refractivity contribution in [3.05, 3.63) is 29.6 Å². The topological polar surface area (TPSA) is 64.3 Å². The third-order valence-corrected chi connectivity index (χ3v) is 2.63. The summed E-state index contributed by atoms with van der Waals surface area (Å²) in [4.78, 5) is 11.6. The molecule has 1 aromatic rings. The van der Waals surface area contributed by atoms with Gasteiger partial charge in [-0.25, -0.2) is 4.39 Å². The van der Waals surface area contributed by atoms with Crippen molar-refractivity contribution in [2.45, 2.75) is 19.8 Å². The van der Waals surface area contributed by atoms with Crippen LogP contribution in [0, 0.1) is 5.82 Å². The monoisotopic (exact) mass is 284 g/mol. The summed E-state index contributed by atoms with van der Waals surface area (Å²) in [6, 6.07) is 4.12. The summed E-state index contributed by atoms with van der Waals surface area (Å²) >= 11 is 4.73. The zero-order valence-electron chi connectivity index (χ0n) is 10.7. The Bertz CT molecular complexity index is 466. The predicted octanol–water partition coefficient (Wildman–Crippen LogP) is 2.22. The molecule has 0 aliphatic carbocycles. The van der Waals surface area contributed by atoms with Crippen molar-refractivity contribution in [1.82, 2.24) is 0 Å². The number of carbonyl (C=O) groups excluding carboxylic acids is 1. The number of hydrogen-bond acceptors (Lipinski definition) is 3. The summed E-state index contributed by atoms with van der Waals surface area (Å²) < 4.78 is 18.5. The van der Waals surface area contributed by atoms with E-state index < -0.39 is 5.82 Å². The Balaban J connectivity index is 2.55. The van der Waals surface area contributed by atoms with E-state index in [9.17, 15) is 9.18 Å². The molecule has 0 saturated heterocycles. The lowest BCUT2D eigenvalue weighted by Gasteiger charge is -2.08. The molecule has 19 heavy (non-hydrogen) atoms. The number of amides is 1. The quantitative estimate of drug-likeness (QED) is 0.595. The molecule has 3 N–H and O–H groups in total. The van der Waals surface area contributed by atoms with Crippen molar-refractivity contribution >= 4 is 28.8 Å². The first-order chi connectivity index (χ1) is 9.04. The molecular formula is C13H17FN2O2S. The molecule has 1 rings (SSSR count). The zero-order chi connectivity index (χ0) is 14.3. The van der Waals surface area contributed by atoms with E-state index in [2.05, 4.69) is 5.32 Å². The lowest BCUT2D eigenvalue weighted by Crippen LogP contribution is -2.15. The molecular weight excluding hydrogens is 267 g/mol. The Labute approximate surface area is 117 Å². The predicted molar refractivity (Wildman–Crippen MR) is 76.6 cm³/mol. The summed E-state index contributed by atoms with van der Waals surface area (Å²) in [5, 5.41) is 2.66. The molecule has 0 spiro atoms. The number of carbonyl (C=O) groups is 1. The van der Waals surface area contributed by atoms with Gasteiger partial charge in [0.25, 0.3) is 0 Å². The third kappa shape index (κ3) is 5.32. The first-order valence-electron chi connectivity index (χ1n) is 6.01. The van der Waals surface area contributed by atoms with Crippen LogP contribution in [0.2, 0.25) is 0 Å². The molecule has 0 radical (unpaired) electrons. The minimum atomic E-state index is -0.498. The molecule has 104 valence electrons. The second kappa shape index (κ2) is 7.81. The smallest absolute Gasteiger partial charge is 0.224 e. The maximum absolute atomic E-state index is 13.3. The van der Waals surface area contributed by atoms with E-state index in [0.717, 1.165) is 0 Å². The number of nitrogens with one attached hydrogen (secondary N) is 1. The van der Waals surface area contributed by atoms with Gasteiger partial charge in [0.15, 0.2) is 0 Å². The molecule has 0 saturated carbocycles. The summed E-state index contributed by atoms with van der Waals surface area (Å²) in [5.74, 6) is -0.651. The molecule has 0 aliphatic heterocycles. The van der Waals surface area contributed by atoms with Gasteiger partial charge in [0.2, 0.25) is 5.91 Å². The number of nitrogens with two attached hydrogens (primary N) is 1. The SMILES string of the molecule is CCOCCCC(=O)Nc1ccc(F)c(C(N)=S)c1. The molecule has 0 unspecified atom stereocenters. The summed E-state index contributed by atoms with van der Waals surface area (Å²) in [5.41, 5.74) is 5.99. The molecule has 6 heteroatoms. The fraction of sp³-hybridized carbons (Fsp3) is 0.385. The molecule has 0 bridgehead atoms. The molecule has 0 aliphatic rings. The van der Waals surface area contributed by atoms with E-state index in [1.807, 2.05) is 6.92 Å². The number of halogens is 1. The third-order valence-electron chi connectivity index (χ3n) is 2.41. The number of hydrogen-bond donors (Lipinski definition) is 2. The normalized spacial score (nSPS) is 10.2. The van der Waals surface area contributed by atoms with Gasteiger partial charge in [0.05, 0.1) is 0 Å². The molecule has 1 amide bonds. The van der Waals surface area contributed by atoms with Crippen molar-refractivity contribution in [1.29, 1.82) is 0 Å². The lowest BCUT2D eigenvalue weighted by atomic mass is 10.2. The first-order valence-corrected chi connectivity index (χ1v) is 6.42. The van der Waals surface area contributed by atoms with Gasteiger partial charge in [-0.1, -0.05) is 12.2 Å². The van der Waals surface area contributed by atoms with E-state index in [1.165, 1.54) is 18.2 Å². The highest BCUT2D eigenvalue weighted by Crippen LogP contribution is 2.15. The second-order valence-corrected chi connectivity index (χ2v) is 4.35. The Morgan fingerprint density at radius 3 is 2.89 bits per heavy atom. The molecule has 0 atom stereocenters. The number of thiocarbonyl (C=S) groups is 1.